The van der Waals surface area contributed by atoms with E-state index in [1.54, 1.807) is 0 Å². The molecular weight excluding hydrogens is 240 g/mol. The van der Waals surface area contributed by atoms with E-state index < -0.39 is 5.97 Å². The summed E-state index contributed by atoms with van der Waals surface area (Å²) in [6.07, 6.45) is 1.20. The molecule has 0 spiro atoms. The molecule has 1 heterocycles. The Balaban J connectivity index is 1.48. The van der Waals surface area contributed by atoms with Gasteiger partial charge in [0.25, 0.3) is 0 Å². The van der Waals surface area contributed by atoms with Crippen molar-refractivity contribution in [1.29, 1.82) is 0 Å². The predicted molar refractivity (Wildman–Crippen MR) is 73.4 cm³/mol. The number of carboxylic acid groups (broad SMARTS) is 1. The number of benzene rings is 1. The van der Waals surface area contributed by atoms with Gasteiger partial charge >= 0.3 is 5.97 Å². The van der Waals surface area contributed by atoms with Crippen LogP contribution < -0.4 is 0 Å². The lowest BCUT2D eigenvalue weighted by Crippen LogP contribution is -2.49. The summed E-state index contributed by atoms with van der Waals surface area (Å²) in [6, 6.07) is 8.69. The van der Waals surface area contributed by atoms with Crippen LogP contribution in [0.3, 0.4) is 0 Å². The molecule has 0 radical (unpaired) electrons. The Morgan fingerprint density at radius 3 is 2.53 bits per heavy atom. The number of hydrogen-bond acceptors (Lipinski definition) is 3. The highest BCUT2D eigenvalue weighted by Crippen LogP contribution is 2.35. The maximum atomic E-state index is 10.7. The molecule has 1 unspecified atom stereocenters. The fourth-order valence-electron chi connectivity index (χ4n) is 3.16. The van der Waals surface area contributed by atoms with E-state index in [9.17, 15) is 4.79 Å². The Morgan fingerprint density at radius 1 is 1.16 bits per heavy atom. The van der Waals surface area contributed by atoms with Crippen molar-refractivity contribution in [3.05, 3.63) is 35.4 Å². The van der Waals surface area contributed by atoms with E-state index in [1.807, 2.05) is 4.90 Å². The van der Waals surface area contributed by atoms with Crippen molar-refractivity contribution >= 4 is 5.97 Å². The lowest BCUT2D eigenvalue weighted by atomic mass is 9.77. The average molecular weight is 260 g/mol. The highest BCUT2D eigenvalue weighted by atomic mass is 16.4. The van der Waals surface area contributed by atoms with Crippen LogP contribution in [-0.4, -0.2) is 60.1 Å². The van der Waals surface area contributed by atoms with Gasteiger partial charge in [0.1, 0.15) is 0 Å². The number of nitrogens with zero attached hydrogens (tertiary/aromatic N) is 2. The van der Waals surface area contributed by atoms with Crippen molar-refractivity contribution in [1.82, 2.24) is 9.80 Å². The minimum absolute atomic E-state index is 0.181. The van der Waals surface area contributed by atoms with Crippen molar-refractivity contribution in [3.8, 4) is 0 Å². The maximum Gasteiger partial charge on any atom is 0.317 e. The molecular formula is C15H20N2O2. The molecule has 1 aromatic rings. The zero-order valence-corrected chi connectivity index (χ0v) is 11.1. The van der Waals surface area contributed by atoms with Gasteiger partial charge in [-0.15, -0.1) is 0 Å². The quantitative estimate of drug-likeness (QED) is 0.878. The number of carboxylic acids is 1. The summed E-state index contributed by atoms with van der Waals surface area (Å²) in [5.74, 6) is -0.0383. The molecule has 0 saturated carbocycles. The van der Waals surface area contributed by atoms with Crippen molar-refractivity contribution in [2.45, 2.75) is 12.3 Å². The second kappa shape index (κ2) is 5.31. The smallest absolute Gasteiger partial charge is 0.317 e. The summed E-state index contributed by atoms with van der Waals surface area (Å²) in [7, 11) is 0. The maximum absolute atomic E-state index is 10.7. The third-order valence-electron chi connectivity index (χ3n) is 4.26. The minimum Gasteiger partial charge on any atom is -0.480 e. The molecule has 1 fully saturated rings. The fraction of sp³-hybridized carbons (Fsp3) is 0.533. The normalized spacial score (nSPS) is 23.7. The van der Waals surface area contributed by atoms with Crippen molar-refractivity contribution in [2.75, 3.05) is 39.3 Å². The molecule has 4 nitrogen and oxygen atoms in total. The zero-order valence-electron chi connectivity index (χ0n) is 11.1. The Kier molecular flexibility index (Phi) is 3.53. The van der Waals surface area contributed by atoms with Gasteiger partial charge in [-0.1, -0.05) is 24.3 Å². The molecule has 2 aliphatic rings. The van der Waals surface area contributed by atoms with Gasteiger partial charge in [0.15, 0.2) is 0 Å². The Hall–Kier alpha value is -1.39. The van der Waals surface area contributed by atoms with Crippen LogP contribution in [0.25, 0.3) is 0 Å². The fourth-order valence-corrected chi connectivity index (χ4v) is 3.16. The molecule has 0 amide bonds. The van der Waals surface area contributed by atoms with Gasteiger partial charge in [0, 0.05) is 38.6 Å². The molecule has 19 heavy (non-hydrogen) atoms. The average Bonchev–Trinajstić information content (AvgIpc) is 2.37. The van der Waals surface area contributed by atoms with Crippen LogP contribution in [0, 0.1) is 0 Å². The number of carbonyl (C=O) groups is 1. The number of aliphatic carboxylic acids is 1. The Bertz CT molecular complexity index is 467. The van der Waals surface area contributed by atoms with E-state index in [0.29, 0.717) is 5.92 Å². The first-order chi connectivity index (χ1) is 9.22. The monoisotopic (exact) mass is 260 g/mol. The van der Waals surface area contributed by atoms with Crippen LogP contribution in [0.1, 0.15) is 17.0 Å². The Morgan fingerprint density at radius 2 is 1.84 bits per heavy atom. The van der Waals surface area contributed by atoms with Crippen molar-refractivity contribution in [3.63, 3.8) is 0 Å². The Labute approximate surface area is 113 Å². The van der Waals surface area contributed by atoms with Gasteiger partial charge in [-0.25, -0.2) is 0 Å². The van der Waals surface area contributed by atoms with Crippen LogP contribution in [-0.2, 0) is 11.2 Å². The SMILES string of the molecule is O=C(O)CN1CCN(CC2Cc3ccccc32)CC1. The van der Waals surface area contributed by atoms with E-state index in [-0.39, 0.29) is 6.54 Å². The van der Waals surface area contributed by atoms with E-state index in [0.717, 1.165) is 32.7 Å². The predicted octanol–water partition coefficient (Wildman–Crippen LogP) is 1.03. The highest BCUT2D eigenvalue weighted by Gasteiger charge is 2.28. The molecule has 1 N–H and O–H groups in total. The van der Waals surface area contributed by atoms with Crippen LogP contribution >= 0.6 is 0 Å². The number of rotatable bonds is 4. The summed E-state index contributed by atoms with van der Waals surface area (Å²) in [5.41, 5.74) is 3.01. The molecule has 0 bridgehead atoms. The van der Waals surface area contributed by atoms with Crippen LogP contribution in [0.2, 0.25) is 0 Å². The first-order valence-electron chi connectivity index (χ1n) is 6.96. The molecule has 1 saturated heterocycles. The van der Waals surface area contributed by atoms with Crippen molar-refractivity contribution < 1.29 is 9.90 Å². The summed E-state index contributed by atoms with van der Waals surface area (Å²) >= 11 is 0. The van der Waals surface area contributed by atoms with E-state index in [4.69, 9.17) is 5.11 Å². The minimum atomic E-state index is -0.721. The molecule has 1 aliphatic heterocycles. The largest absolute Gasteiger partial charge is 0.480 e. The first kappa shape index (κ1) is 12.6. The van der Waals surface area contributed by atoms with Gasteiger partial charge in [0.05, 0.1) is 6.54 Å². The third-order valence-corrected chi connectivity index (χ3v) is 4.26. The highest BCUT2D eigenvalue weighted by molar-refractivity contribution is 5.69. The van der Waals surface area contributed by atoms with Gasteiger partial charge < -0.3 is 10.0 Å². The van der Waals surface area contributed by atoms with Crippen molar-refractivity contribution in [2.24, 2.45) is 0 Å². The standard InChI is InChI=1S/C15H20N2O2/c18-15(19)11-17-7-5-16(6-8-17)10-13-9-12-3-1-2-4-14(12)13/h1-4,13H,5-11H2,(H,18,19). The molecule has 4 heteroatoms. The van der Waals surface area contributed by atoms with E-state index >= 15 is 0 Å². The third kappa shape index (κ3) is 2.80. The molecule has 3 rings (SSSR count). The van der Waals surface area contributed by atoms with E-state index in [1.165, 1.54) is 17.5 Å². The van der Waals surface area contributed by atoms with Gasteiger partial charge in [-0.05, 0) is 17.5 Å². The zero-order chi connectivity index (χ0) is 13.2. The number of hydrogen-bond donors (Lipinski definition) is 1. The van der Waals surface area contributed by atoms with Crippen LogP contribution in [0.4, 0.5) is 0 Å². The molecule has 1 atom stereocenters. The molecule has 102 valence electrons. The van der Waals surface area contributed by atoms with E-state index in [2.05, 4.69) is 29.2 Å². The summed E-state index contributed by atoms with van der Waals surface area (Å²) < 4.78 is 0. The van der Waals surface area contributed by atoms with Gasteiger partial charge in [0.2, 0.25) is 0 Å². The summed E-state index contributed by atoms with van der Waals surface area (Å²) in [4.78, 5) is 15.2. The summed E-state index contributed by atoms with van der Waals surface area (Å²) in [6.45, 7) is 5.04. The lowest BCUT2D eigenvalue weighted by Gasteiger charge is -2.39. The number of fused-ring (bicyclic) bond motifs is 1. The topological polar surface area (TPSA) is 43.8 Å². The molecule has 1 aromatic carbocycles. The van der Waals surface area contributed by atoms with Gasteiger partial charge in [-0.2, -0.15) is 0 Å². The second-order valence-electron chi connectivity index (χ2n) is 5.57. The summed E-state index contributed by atoms with van der Waals surface area (Å²) in [5, 5.41) is 8.78. The first-order valence-corrected chi connectivity index (χ1v) is 6.96. The molecule has 0 aromatic heterocycles. The molecule has 1 aliphatic carbocycles. The van der Waals surface area contributed by atoms with Crippen LogP contribution in [0.5, 0.6) is 0 Å². The van der Waals surface area contributed by atoms with Gasteiger partial charge in [-0.3, -0.25) is 9.69 Å². The van der Waals surface area contributed by atoms with Crippen LogP contribution in [0.15, 0.2) is 24.3 Å². The second-order valence-corrected chi connectivity index (χ2v) is 5.57. The number of piperazine rings is 1. The lowest BCUT2D eigenvalue weighted by molar-refractivity contribution is -0.138.